The molecule has 26 heavy (non-hydrogen) atoms. The Labute approximate surface area is 152 Å². The number of benzene rings is 2. The maximum absolute atomic E-state index is 13.1. The van der Waals surface area contributed by atoms with E-state index in [4.69, 9.17) is 9.47 Å². The minimum Gasteiger partial charge on any atom is -0.486 e. The van der Waals surface area contributed by atoms with Crippen molar-refractivity contribution < 1.29 is 18.7 Å². The lowest BCUT2D eigenvalue weighted by Gasteiger charge is -2.27. The average molecular weight is 358 g/mol. The average Bonchev–Trinajstić information content (AvgIpc) is 2.65. The van der Waals surface area contributed by atoms with Gasteiger partial charge in [0.05, 0.1) is 12.6 Å². The Morgan fingerprint density at radius 3 is 2.54 bits per heavy atom. The highest BCUT2D eigenvalue weighted by Gasteiger charge is 2.22. The third-order valence-corrected chi connectivity index (χ3v) is 4.24. The molecule has 0 saturated carbocycles. The van der Waals surface area contributed by atoms with Crippen molar-refractivity contribution in [2.24, 2.45) is 5.92 Å². The first kappa shape index (κ1) is 18.0. The molecule has 2 aromatic carbocycles. The molecule has 1 heterocycles. The molecule has 2 aromatic rings. The Balaban J connectivity index is 1.54. The lowest BCUT2D eigenvalue weighted by Crippen LogP contribution is -2.46. The summed E-state index contributed by atoms with van der Waals surface area (Å²) in [5, 5.41) is 5.76. The SMILES string of the molecule is CC(C)[C@H](NC(=O)NC[C@@H]1COc2ccccc2O1)c1ccc(F)cc1. The second kappa shape index (κ2) is 8.08. The highest BCUT2D eigenvalue weighted by molar-refractivity contribution is 5.74. The molecule has 138 valence electrons. The summed E-state index contributed by atoms with van der Waals surface area (Å²) in [5.41, 5.74) is 0.864. The van der Waals surface area contributed by atoms with Crippen molar-refractivity contribution in [2.75, 3.05) is 13.2 Å². The van der Waals surface area contributed by atoms with E-state index in [1.54, 1.807) is 12.1 Å². The zero-order valence-electron chi connectivity index (χ0n) is 14.9. The van der Waals surface area contributed by atoms with Crippen LogP contribution in [0.3, 0.4) is 0 Å². The van der Waals surface area contributed by atoms with E-state index in [0.29, 0.717) is 24.7 Å². The Hall–Kier alpha value is -2.76. The molecule has 0 spiro atoms. The zero-order chi connectivity index (χ0) is 18.5. The van der Waals surface area contributed by atoms with E-state index in [1.807, 2.05) is 38.1 Å². The van der Waals surface area contributed by atoms with Gasteiger partial charge in [-0.1, -0.05) is 38.1 Å². The first-order chi connectivity index (χ1) is 12.5. The van der Waals surface area contributed by atoms with Crippen molar-refractivity contribution in [2.45, 2.75) is 26.0 Å². The fraction of sp³-hybridized carbons (Fsp3) is 0.350. The standard InChI is InChI=1S/C20H23FN2O3/c1-13(2)19(14-7-9-15(21)10-8-14)23-20(24)22-11-16-12-25-17-5-3-4-6-18(17)26-16/h3-10,13,16,19H,11-12H2,1-2H3,(H2,22,23,24)/t16-,19+/m1/s1. The number of carbonyl (C=O) groups excluding carboxylic acids is 1. The van der Waals surface area contributed by atoms with Crippen LogP contribution < -0.4 is 20.1 Å². The van der Waals surface area contributed by atoms with Gasteiger partial charge in [0.25, 0.3) is 0 Å². The quantitative estimate of drug-likeness (QED) is 0.857. The van der Waals surface area contributed by atoms with Crippen molar-refractivity contribution in [3.8, 4) is 11.5 Å². The molecule has 3 rings (SSSR count). The molecule has 0 bridgehead atoms. The molecule has 5 nitrogen and oxygen atoms in total. The zero-order valence-corrected chi connectivity index (χ0v) is 14.9. The molecule has 0 aromatic heterocycles. The Morgan fingerprint density at radius 2 is 1.85 bits per heavy atom. The van der Waals surface area contributed by atoms with E-state index in [2.05, 4.69) is 10.6 Å². The number of hydrogen-bond donors (Lipinski definition) is 2. The van der Waals surface area contributed by atoms with E-state index in [1.165, 1.54) is 12.1 Å². The minimum atomic E-state index is -0.296. The number of carbonyl (C=O) groups is 1. The van der Waals surface area contributed by atoms with Gasteiger partial charge >= 0.3 is 6.03 Å². The number of urea groups is 1. The highest BCUT2D eigenvalue weighted by Crippen LogP contribution is 2.30. The second-order valence-corrected chi connectivity index (χ2v) is 6.63. The van der Waals surface area contributed by atoms with Crippen LogP contribution in [0.1, 0.15) is 25.5 Å². The fourth-order valence-corrected chi connectivity index (χ4v) is 2.87. The lowest BCUT2D eigenvalue weighted by molar-refractivity contribution is 0.0916. The number of fused-ring (bicyclic) bond motifs is 1. The predicted molar refractivity (Wildman–Crippen MR) is 96.9 cm³/mol. The molecule has 2 atom stereocenters. The second-order valence-electron chi connectivity index (χ2n) is 6.63. The molecule has 0 fully saturated rings. The number of amides is 2. The van der Waals surface area contributed by atoms with Gasteiger partial charge in [-0.3, -0.25) is 0 Å². The molecule has 2 amide bonds. The van der Waals surface area contributed by atoms with Crippen LogP contribution >= 0.6 is 0 Å². The van der Waals surface area contributed by atoms with Crippen LogP contribution in [0.15, 0.2) is 48.5 Å². The number of para-hydroxylation sites is 2. The summed E-state index contributed by atoms with van der Waals surface area (Å²) in [6.45, 7) is 4.71. The summed E-state index contributed by atoms with van der Waals surface area (Å²) in [6.07, 6.45) is -0.251. The number of ether oxygens (including phenoxy) is 2. The van der Waals surface area contributed by atoms with Gasteiger partial charge in [0.2, 0.25) is 0 Å². The minimum absolute atomic E-state index is 0.160. The van der Waals surface area contributed by atoms with E-state index < -0.39 is 0 Å². The summed E-state index contributed by atoms with van der Waals surface area (Å²) < 4.78 is 24.6. The molecule has 0 radical (unpaired) electrons. The topological polar surface area (TPSA) is 59.6 Å². The van der Waals surface area contributed by atoms with Crippen LogP contribution in [0, 0.1) is 11.7 Å². The summed E-state index contributed by atoms with van der Waals surface area (Å²) in [5.74, 6) is 1.25. The summed E-state index contributed by atoms with van der Waals surface area (Å²) in [4.78, 5) is 12.3. The first-order valence-electron chi connectivity index (χ1n) is 8.71. The van der Waals surface area contributed by atoms with Crippen molar-refractivity contribution in [3.05, 3.63) is 59.9 Å². The largest absolute Gasteiger partial charge is 0.486 e. The molecule has 1 aliphatic heterocycles. The Morgan fingerprint density at radius 1 is 1.15 bits per heavy atom. The fourth-order valence-electron chi connectivity index (χ4n) is 2.87. The van der Waals surface area contributed by atoms with E-state index in [0.717, 1.165) is 5.56 Å². The van der Waals surface area contributed by atoms with Crippen LogP contribution in [0.5, 0.6) is 11.5 Å². The monoisotopic (exact) mass is 358 g/mol. The number of rotatable bonds is 5. The number of nitrogens with one attached hydrogen (secondary N) is 2. The van der Waals surface area contributed by atoms with Crippen LogP contribution in [0.2, 0.25) is 0 Å². The van der Waals surface area contributed by atoms with Crippen LogP contribution in [0.25, 0.3) is 0 Å². The molecule has 0 aliphatic carbocycles. The lowest BCUT2D eigenvalue weighted by atomic mass is 9.96. The summed E-state index contributed by atoms with van der Waals surface area (Å²) >= 11 is 0. The van der Waals surface area contributed by atoms with E-state index >= 15 is 0 Å². The molecule has 0 unspecified atom stereocenters. The van der Waals surface area contributed by atoms with Gasteiger partial charge in [-0.25, -0.2) is 9.18 Å². The molecular formula is C20H23FN2O3. The molecule has 0 saturated heterocycles. The number of hydrogen-bond acceptors (Lipinski definition) is 3. The van der Waals surface area contributed by atoms with Gasteiger partial charge in [0.15, 0.2) is 17.6 Å². The normalized spacial score (nSPS) is 16.8. The Bertz CT molecular complexity index is 749. The summed E-state index contributed by atoms with van der Waals surface area (Å²) in [6, 6.07) is 13.1. The van der Waals surface area contributed by atoms with Gasteiger partial charge in [-0.15, -0.1) is 0 Å². The van der Waals surface area contributed by atoms with Gasteiger partial charge in [-0.2, -0.15) is 0 Å². The Kier molecular flexibility index (Phi) is 5.61. The van der Waals surface area contributed by atoms with Gasteiger partial charge < -0.3 is 20.1 Å². The van der Waals surface area contributed by atoms with E-state index in [-0.39, 0.29) is 29.9 Å². The smallest absolute Gasteiger partial charge is 0.315 e. The molecule has 1 aliphatic rings. The van der Waals surface area contributed by atoms with Gasteiger partial charge in [0.1, 0.15) is 12.4 Å². The van der Waals surface area contributed by atoms with E-state index in [9.17, 15) is 9.18 Å². The third-order valence-electron chi connectivity index (χ3n) is 4.24. The van der Waals surface area contributed by atoms with Crippen LogP contribution in [-0.2, 0) is 0 Å². The predicted octanol–water partition coefficient (Wildman–Crippen LogP) is 3.66. The van der Waals surface area contributed by atoms with Crippen LogP contribution in [-0.4, -0.2) is 25.3 Å². The molecular weight excluding hydrogens is 335 g/mol. The maximum atomic E-state index is 13.1. The van der Waals surface area contributed by atoms with Crippen molar-refractivity contribution in [3.63, 3.8) is 0 Å². The van der Waals surface area contributed by atoms with Crippen molar-refractivity contribution >= 4 is 6.03 Å². The first-order valence-corrected chi connectivity index (χ1v) is 8.71. The maximum Gasteiger partial charge on any atom is 0.315 e. The van der Waals surface area contributed by atoms with Crippen LogP contribution in [0.4, 0.5) is 9.18 Å². The van der Waals surface area contributed by atoms with Gasteiger partial charge in [0, 0.05) is 0 Å². The highest BCUT2D eigenvalue weighted by atomic mass is 19.1. The van der Waals surface area contributed by atoms with Crippen molar-refractivity contribution in [1.29, 1.82) is 0 Å². The third kappa shape index (κ3) is 4.45. The summed E-state index contributed by atoms with van der Waals surface area (Å²) in [7, 11) is 0. The molecule has 2 N–H and O–H groups in total. The van der Waals surface area contributed by atoms with Gasteiger partial charge in [-0.05, 0) is 35.7 Å². The van der Waals surface area contributed by atoms with Crippen molar-refractivity contribution in [1.82, 2.24) is 10.6 Å². The number of halogens is 1. The molecule has 6 heteroatoms.